The summed E-state index contributed by atoms with van der Waals surface area (Å²) in [5.41, 5.74) is 17.6. The van der Waals surface area contributed by atoms with Crippen molar-refractivity contribution in [2.75, 3.05) is 98.3 Å². The fourth-order valence-electron chi connectivity index (χ4n) is 11.8. The van der Waals surface area contributed by atoms with Gasteiger partial charge in [0.1, 0.15) is 6.73 Å². The minimum atomic E-state index is -3.72. The van der Waals surface area contributed by atoms with Crippen LogP contribution in [0.25, 0.3) is 22.3 Å². The van der Waals surface area contributed by atoms with Gasteiger partial charge in [0.2, 0.25) is 22.4 Å². The minimum absolute atomic E-state index is 0.0430. The summed E-state index contributed by atoms with van der Waals surface area (Å²) in [7, 11) is -1.19. The zero-order valence-electron chi connectivity index (χ0n) is 46.3. The van der Waals surface area contributed by atoms with E-state index >= 15 is 0 Å². The number of nitrogens with two attached hydrogens (primary N) is 1. The lowest BCUT2D eigenvalue weighted by molar-refractivity contribution is 0.0659. The summed E-state index contributed by atoms with van der Waals surface area (Å²) in [5, 5.41) is 14.2. The number of halogens is 1. The van der Waals surface area contributed by atoms with E-state index in [0.717, 1.165) is 111 Å². The van der Waals surface area contributed by atoms with E-state index in [1.165, 1.54) is 42.0 Å². The van der Waals surface area contributed by atoms with Crippen LogP contribution >= 0.6 is 15.9 Å². The second-order valence-electron chi connectivity index (χ2n) is 23.3. The molecule has 2 aromatic carbocycles. The first-order valence-corrected chi connectivity index (χ1v) is 34.4. The average molecular weight is 1200 g/mol. The smallest absolute Gasteiger partial charge is 0.278 e. The molecule has 4 aliphatic heterocycles. The molecule has 6 aromatic rings. The first-order valence-electron chi connectivity index (χ1n) is 27.0. The summed E-state index contributed by atoms with van der Waals surface area (Å²) in [5.74, 6) is 1.38. The molecular weight excluding hydrogens is 1130 g/mol. The molecular formula is C54H73BrN14O7S2Si. The molecule has 0 bridgehead atoms. The average Bonchev–Trinajstić information content (AvgIpc) is 4.38. The highest BCUT2D eigenvalue weighted by Crippen LogP contribution is 2.44. The van der Waals surface area contributed by atoms with Crippen molar-refractivity contribution in [1.29, 1.82) is 0 Å². The molecule has 6 aliphatic rings. The van der Waals surface area contributed by atoms with Gasteiger partial charge in [-0.3, -0.25) is 0 Å². The van der Waals surface area contributed by atoms with Crippen molar-refractivity contribution in [2.24, 2.45) is 10.8 Å². The van der Waals surface area contributed by atoms with Crippen molar-refractivity contribution in [2.45, 2.75) is 94.1 Å². The highest BCUT2D eigenvalue weighted by molar-refractivity contribution is 9.10. The van der Waals surface area contributed by atoms with Gasteiger partial charge in [0, 0.05) is 106 Å². The molecule has 4 saturated heterocycles. The van der Waals surface area contributed by atoms with Gasteiger partial charge in [-0.05, 0) is 146 Å². The van der Waals surface area contributed by atoms with Crippen LogP contribution in [0.3, 0.4) is 0 Å². The van der Waals surface area contributed by atoms with Crippen molar-refractivity contribution >= 4 is 61.4 Å². The molecule has 0 amide bonds. The second kappa shape index (κ2) is 22.9. The zero-order chi connectivity index (χ0) is 55.9. The number of hydrogen-bond donors (Lipinski definition) is 3. The predicted molar refractivity (Wildman–Crippen MR) is 309 cm³/mol. The number of methoxy groups -OCH3 is 2. The minimum Gasteiger partial charge on any atom is -0.481 e. The number of aromatic nitrogens is 8. The van der Waals surface area contributed by atoms with Gasteiger partial charge in [-0.2, -0.15) is 18.6 Å². The maximum atomic E-state index is 13.2. The SMILES string of the molecule is CN1CCC2(C1)CN(S(=O)(=O)c1nc(Br)nn1COCC[Si](C)(C)C)C2.COc1cc(-c2ccc3c(c2N)CCC3)ccn1.COc1cc(-c2ccc3c(c2Nc2n[nH]c(S(=O)(=O)N4CC5(CCN(C)C5)C4)n2)CCC3)ccn1. The van der Waals surface area contributed by atoms with Crippen molar-refractivity contribution in [3.8, 4) is 34.0 Å². The molecule has 21 nitrogen and oxygen atoms in total. The van der Waals surface area contributed by atoms with Crippen LogP contribution in [0, 0.1) is 10.8 Å². The van der Waals surface area contributed by atoms with E-state index in [-0.39, 0.29) is 38.6 Å². The van der Waals surface area contributed by atoms with Crippen LogP contribution in [0.4, 0.5) is 17.3 Å². The van der Waals surface area contributed by atoms with Crippen LogP contribution in [-0.4, -0.2) is 171 Å². The van der Waals surface area contributed by atoms with Gasteiger partial charge in [-0.25, -0.2) is 36.6 Å². The molecule has 2 aliphatic carbocycles. The highest BCUT2D eigenvalue weighted by Gasteiger charge is 2.53. The van der Waals surface area contributed by atoms with E-state index < -0.39 is 28.1 Å². The summed E-state index contributed by atoms with van der Waals surface area (Å²) in [6, 6.07) is 17.3. The molecule has 4 fully saturated rings. The predicted octanol–water partition coefficient (Wildman–Crippen LogP) is 6.94. The maximum Gasteiger partial charge on any atom is 0.278 e. The van der Waals surface area contributed by atoms with Gasteiger partial charge in [0.05, 0.1) is 19.9 Å². The monoisotopic (exact) mass is 1200 g/mol. The number of pyridine rings is 2. The number of fused-ring (bicyclic) bond motifs is 2. The van der Waals surface area contributed by atoms with Gasteiger partial charge in [0.15, 0.2) is 0 Å². The summed E-state index contributed by atoms with van der Waals surface area (Å²) < 4.78 is 73.1. The van der Waals surface area contributed by atoms with Gasteiger partial charge in [-0.15, -0.1) is 10.2 Å². The maximum absolute atomic E-state index is 13.2. The lowest BCUT2D eigenvalue weighted by Crippen LogP contribution is -2.59. The number of nitrogen functional groups attached to an aromatic ring is 1. The number of aromatic amines is 1. The Balaban J connectivity index is 0.000000141. The van der Waals surface area contributed by atoms with Gasteiger partial charge >= 0.3 is 0 Å². The number of ether oxygens (including phenoxy) is 3. The molecule has 4 aromatic heterocycles. The molecule has 25 heteroatoms. The Morgan fingerprint density at radius 1 is 0.734 bits per heavy atom. The van der Waals surface area contributed by atoms with Crippen LogP contribution in [0.1, 0.15) is 47.9 Å². The highest BCUT2D eigenvalue weighted by atomic mass is 79.9. The first kappa shape index (κ1) is 56.9. The number of rotatable bonds is 15. The Bertz CT molecular complexity index is 3420. The van der Waals surface area contributed by atoms with Crippen molar-refractivity contribution in [3.63, 3.8) is 0 Å². The molecule has 0 unspecified atom stereocenters. The van der Waals surface area contributed by atoms with E-state index in [1.807, 2.05) is 24.3 Å². The molecule has 12 rings (SSSR count). The van der Waals surface area contributed by atoms with Crippen molar-refractivity contribution < 1.29 is 31.0 Å². The summed E-state index contributed by atoms with van der Waals surface area (Å²) in [4.78, 5) is 21.3. The third kappa shape index (κ3) is 12.3. The topological polar surface area (TPSA) is 245 Å². The molecule has 0 atom stereocenters. The first-order chi connectivity index (χ1) is 37.7. The Morgan fingerprint density at radius 3 is 1.86 bits per heavy atom. The fraction of sp³-hybridized carbons (Fsp3) is 0.519. The number of H-pyrrole nitrogens is 1. The van der Waals surface area contributed by atoms with Gasteiger partial charge in [-0.1, -0.05) is 43.9 Å². The van der Waals surface area contributed by atoms with E-state index in [0.29, 0.717) is 44.5 Å². The number of benzene rings is 2. The Labute approximate surface area is 473 Å². The van der Waals surface area contributed by atoms with Crippen LogP contribution in [-0.2, 0) is 57.2 Å². The van der Waals surface area contributed by atoms with Crippen LogP contribution < -0.4 is 20.5 Å². The summed E-state index contributed by atoms with van der Waals surface area (Å²) in [6.45, 7) is 13.6. The number of nitrogens with zero attached hydrogens (tertiary/aromatic N) is 11. The van der Waals surface area contributed by atoms with Crippen molar-refractivity contribution in [3.05, 3.63) is 87.9 Å². The van der Waals surface area contributed by atoms with E-state index in [9.17, 15) is 16.8 Å². The summed E-state index contributed by atoms with van der Waals surface area (Å²) >= 11 is 3.19. The van der Waals surface area contributed by atoms with E-state index in [2.05, 4.69) is 124 Å². The quantitative estimate of drug-likeness (QED) is 0.0535. The molecule has 424 valence electrons. The second-order valence-corrected chi connectivity index (χ2v) is 33.3. The lowest BCUT2D eigenvalue weighted by atomic mass is 9.81. The fourth-order valence-corrected chi connectivity index (χ4v) is 16.2. The molecule has 2 spiro atoms. The normalized spacial score (nSPS) is 18.8. The Kier molecular flexibility index (Phi) is 16.5. The Morgan fingerprint density at radius 2 is 1.29 bits per heavy atom. The molecule has 4 N–H and O–H groups in total. The zero-order valence-corrected chi connectivity index (χ0v) is 50.5. The number of aryl methyl sites for hydroxylation is 2. The third-order valence-electron chi connectivity index (χ3n) is 16.1. The molecule has 0 radical (unpaired) electrons. The number of likely N-dealkylation sites (tertiary alicyclic amines) is 2. The number of anilines is 3. The van der Waals surface area contributed by atoms with E-state index in [1.54, 1.807) is 26.6 Å². The van der Waals surface area contributed by atoms with E-state index in [4.69, 9.17) is 19.9 Å². The summed E-state index contributed by atoms with van der Waals surface area (Å²) in [6.07, 6.45) is 12.0. The number of hydrogen-bond acceptors (Lipinski definition) is 17. The van der Waals surface area contributed by atoms with Gasteiger partial charge < -0.3 is 35.1 Å². The molecule has 0 saturated carbocycles. The van der Waals surface area contributed by atoms with Crippen LogP contribution in [0.2, 0.25) is 25.7 Å². The number of nitrogens with one attached hydrogen (secondary N) is 2. The lowest BCUT2D eigenvalue weighted by Gasteiger charge is -2.46. The van der Waals surface area contributed by atoms with Crippen LogP contribution in [0.15, 0.2) is 76.0 Å². The van der Waals surface area contributed by atoms with Gasteiger partial charge in [0.25, 0.3) is 30.4 Å². The Hall–Kier alpha value is -5.38. The number of sulfonamides is 2. The molecule has 79 heavy (non-hydrogen) atoms. The molecule has 8 heterocycles. The standard InChI is InChI=1S/C24H29N7O3S.C15H28BrN5O3SSi.C15H16N2O/c1-30-11-9-24(13-30)14-31(15-24)35(32,33)23-27-22(28-29-23)26-21-18-5-3-4-16(18)6-7-19(21)17-8-10-25-20(12-17)34-2;1-19-6-5-15(9-19)10-20(11-15)25(22,23)14-17-13(16)18-21(14)12-24-7-8-26(2,3)4;1-18-14-9-11(7-8-17-14)13-6-5-10-3-2-4-12(10)15(13)16/h6-8,10,12H,3-5,9,11,13-15H2,1-2H3,(H2,26,27,28,29);5-12H2,1-4H3;5-9H,2-4,16H2,1H3. The van der Waals surface area contributed by atoms with Crippen molar-refractivity contribution in [1.82, 2.24) is 58.3 Å². The third-order valence-corrected chi connectivity index (χ3v) is 21.5. The van der Waals surface area contributed by atoms with Crippen LogP contribution in [0.5, 0.6) is 11.8 Å². The largest absolute Gasteiger partial charge is 0.481 e.